The predicted molar refractivity (Wildman–Crippen MR) is 84.0 cm³/mol. The highest BCUT2D eigenvalue weighted by molar-refractivity contribution is 7.91. The van der Waals surface area contributed by atoms with Gasteiger partial charge in [0, 0.05) is 6.04 Å². The van der Waals surface area contributed by atoms with Gasteiger partial charge in [-0.05, 0) is 49.4 Å². The van der Waals surface area contributed by atoms with Crippen molar-refractivity contribution in [2.24, 2.45) is 5.92 Å². The Morgan fingerprint density at radius 2 is 2.24 bits per heavy atom. The molecule has 2 unspecified atom stereocenters. The second-order valence-corrected chi connectivity index (χ2v) is 8.31. The van der Waals surface area contributed by atoms with Crippen LogP contribution < -0.4 is 5.32 Å². The Morgan fingerprint density at radius 3 is 2.81 bits per heavy atom. The van der Waals surface area contributed by atoms with Gasteiger partial charge in [0.15, 0.2) is 9.84 Å². The van der Waals surface area contributed by atoms with Crippen LogP contribution in [0.25, 0.3) is 0 Å². The molecule has 0 aromatic heterocycles. The van der Waals surface area contributed by atoms with E-state index in [0.717, 1.165) is 18.5 Å². The minimum absolute atomic E-state index is 0.0581. The molecule has 2 atom stereocenters. The molecule has 6 heteroatoms. The molecule has 1 aliphatic rings. The first-order valence-electron chi connectivity index (χ1n) is 7.29. The number of nitrogens with one attached hydrogen (secondary N) is 1. The fourth-order valence-corrected chi connectivity index (χ4v) is 4.79. The minimum atomic E-state index is -2.91. The van der Waals surface area contributed by atoms with E-state index in [1.807, 2.05) is 0 Å². The van der Waals surface area contributed by atoms with Gasteiger partial charge < -0.3 is 5.32 Å². The van der Waals surface area contributed by atoms with E-state index in [1.165, 1.54) is 6.07 Å². The molecule has 1 N–H and O–H groups in total. The zero-order valence-electron chi connectivity index (χ0n) is 12.1. The maximum atomic E-state index is 13.5. The van der Waals surface area contributed by atoms with Crippen LogP contribution in [0.3, 0.4) is 0 Å². The van der Waals surface area contributed by atoms with Crippen molar-refractivity contribution in [2.75, 3.05) is 18.1 Å². The number of rotatable bonds is 6. The lowest BCUT2D eigenvalue weighted by Crippen LogP contribution is -2.39. The number of hydrogen-bond acceptors (Lipinski definition) is 3. The average Bonchev–Trinajstić information content (AvgIpc) is 2.79. The van der Waals surface area contributed by atoms with E-state index in [9.17, 15) is 12.8 Å². The Morgan fingerprint density at radius 1 is 1.48 bits per heavy atom. The van der Waals surface area contributed by atoms with Crippen LogP contribution in [0, 0.1) is 11.7 Å². The molecule has 0 aliphatic carbocycles. The van der Waals surface area contributed by atoms with Gasteiger partial charge in [0.25, 0.3) is 0 Å². The third-order valence-corrected chi connectivity index (χ3v) is 6.03. The van der Waals surface area contributed by atoms with Gasteiger partial charge in [-0.15, -0.1) is 0 Å². The zero-order chi connectivity index (χ0) is 15.5. The first-order chi connectivity index (χ1) is 9.91. The van der Waals surface area contributed by atoms with E-state index in [1.54, 1.807) is 12.1 Å². The zero-order valence-corrected chi connectivity index (χ0v) is 13.7. The number of halogens is 2. The quantitative estimate of drug-likeness (QED) is 0.870. The molecule has 118 valence electrons. The normalized spacial score (nSPS) is 22.3. The maximum absolute atomic E-state index is 13.5. The summed E-state index contributed by atoms with van der Waals surface area (Å²) in [6, 6.07) is 4.85. The largest absolute Gasteiger partial charge is 0.313 e. The molecular formula is C15H21ClFNO2S. The van der Waals surface area contributed by atoms with Crippen LogP contribution in [0.1, 0.15) is 25.3 Å². The second kappa shape index (κ2) is 7.07. The molecule has 3 nitrogen and oxygen atoms in total. The second-order valence-electron chi connectivity index (χ2n) is 5.68. The molecular weight excluding hydrogens is 313 g/mol. The third kappa shape index (κ3) is 4.66. The van der Waals surface area contributed by atoms with Gasteiger partial charge in [-0.25, -0.2) is 12.8 Å². The Balaban J connectivity index is 2.10. The van der Waals surface area contributed by atoms with Gasteiger partial charge in [-0.1, -0.05) is 24.6 Å². The molecule has 0 radical (unpaired) electrons. The Hall–Kier alpha value is -0.650. The van der Waals surface area contributed by atoms with Gasteiger partial charge >= 0.3 is 0 Å². The fraction of sp³-hybridized carbons (Fsp3) is 0.600. The first-order valence-corrected chi connectivity index (χ1v) is 9.49. The topological polar surface area (TPSA) is 46.2 Å². The summed E-state index contributed by atoms with van der Waals surface area (Å²) >= 11 is 5.70. The summed E-state index contributed by atoms with van der Waals surface area (Å²) < 4.78 is 36.9. The fourth-order valence-electron chi connectivity index (χ4n) is 2.80. The van der Waals surface area contributed by atoms with Crippen molar-refractivity contribution < 1.29 is 12.8 Å². The van der Waals surface area contributed by atoms with Crippen molar-refractivity contribution in [2.45, 2.75) is 32.2 Å². The molecule has 21 heavy (non-hydrogen) atoms. The molecule has 1 heterocycles. The van der Waals surface area contributed by atoms with E-state index in [4.69, 9.17) is 11.6 Å². The van der Waals surface area contributed by atoms with Crippen molar-refractivity contribution in [1.82, 2.24) is 5.32 Å². The summed E-state index contributed by atoms with van der Waals surface area (Å²) in [5, 5.41) is 3.52. The van der Waals surface area contributed by atoms with Crippen molar-refractivity contribution in [3.63, 3.8) is 0 Å². The lowest BCUT2D eigenvalue weighted by molar-refractivity contribution is 0.379. The number of hydrogen-bond donors (Lipinski definition) is 1. The summed E-state index contributed by atoms with van der Waals surface area (Å²) in [5.41, 5.74) is 0.842. The van der Waals surface area contributed by atoms with E-state index in [0.29, 0.717) is 12.8 Å². The first kappa shape index (κ1) is 16.7. The molecule has 0 spiro atoms. The van der Waals surface area contributed by atoms with Crippen LogP contribution in [-0.4, -0.2) is 32.5 Å². The Kier molecular flexibility index (Phi) is 5.63. The Labute approximate surface area is 130 Å². The highest BCUT2D eigenvalue weighted by Crippen LogP contribution is 2.25. The summed E-state index contributed by atoms with van der Waals surface area (Å²) in [7, 11) is -2.91. The monoisotopic (exact) mass is 333 g/mol. The van der Waals surface area contributed by atoms with Crippen molar-refractivity contribution in [3.8, 4) is 0 Å². The van der Waals surface area contributed by atoms with E-state index < -0.39 is 15.7 Å². The van der Waals surface area contributed by atoms with Crippen LogP contribution in [0.2, 0.25) is 5.02 Å². The predicted octanol–water partition coefficient (Wildman–Crippen LogP) is 2.82. The molecule has 0 amide bonds. The SMILES string of the molecule is CCCNC(Cc1ccc(Cl)c(F)c1)C1CCS(=O)(=O)C1. The van der Waals surface area contributed by atoms with Crippen LogP contribution in [0.4, 0.5) is 4.39 Å². The van der Waals surface area contributed by atoms with Crippen molar-refractivity contribution in [1.29, 1.82) is 0 Å². The molecule has 1 aromatic rings. The van der Waals surface area contributed by atoms with E-state index >= 15 is 0 Å². The van der Waals surface area contributed by atoms with Gasteiger partial charge in [0.1, 0.15) is 5.82 Å². The molecule has 1 aromatic carbocycles. The van der Waals surface area contributed by atoms with Crippen molar-refractivity contribution >= 4 is 21.4 Å². The van der Waals surface area contributed by atoms with Gasteiger partial charge in [-0.2, -0.15) is 0 Å². The maximum Gasteiger partial charge on any atom is 0.150 e. The van der Waals surface area contributed by atoms with Crippen LogP contribution >= 0.6 is 11.6 Å². The van der Waals surface area contributed by atoms with E-state index in [2.05, 4.69) is 12.2 Å². The number of benzene rings is 1. The standard InChI is InChI=1S/C15H21ClFNO2S/c1-2-6-18-15(12-5-7-21(19,20)10-12)9-11-3-4-13(16)14(17)8-11/h3-4,8,12,15,18H,2,5-7,9-10H2,1H3. The molecule has 0 bridgehead atoms. The van der Waals surface area contributed by atoms with Crippen molar-refractivity contribution in [3.05, 3.63) is 34.6 Å². The lowest BCUT2D eigenvalue weighted by atomic mass is 9.93. The van der Waals surface area contributed by atoms with Crippen LogP contribution in [0.15, 0.2) is 18.2 Å². The van der Waals surface area contributed by atoms with Gasteiger partial charge in [0.05, 0.1) is 16.5 Å². The van der Waals surface area contributed by atoms with Crippen LogP contribution in [0.5, 0.6) is 0 Å². The lowest BCUT2D eigenvalue weighted by Gasteiger charge is -2.24. The Bertz CT molecular complexity index is 591. The van der Waals surface area contributed by atoms with Gasteiger partial charge in [0.2, 0.25) is 0 Å². The molecule has 1 saturated heterocycles. The summed E-state index contributed by atoms with van der Waals surface area (Å²) in [6.45, 7) is 2.90. The summed E-state index contributed by atoms with van der Waals surface area (Å²) in [6.07, 6.45) is 2.28. The number of sulfone groups is 1. The van der Waals surface area contributed by atoms with Crippen LogP contribution in [-0.2, 0) is 16.3 Å². The molecule has 0 saturated carbocycles. The molecule has 1 fully saturated rings. The molecule has 1 aliphatic heterocycles. The summed E-state index contributed by atoms with van der Waals surface area (Å²) in [5.74, 6) is 0.157. The van der Waals surface area contributed by atoms with Gasteiger partial charge in [-0.3, -0.25) is 0 Å². The third-order valence-electron chi connectivity index (χ3n) is 3.93. The highest BCUT2D eigenvalue weighted by Gasteiger charge is 2.33. The highest BCUT2D eigenvalue weighted by atomic mass is 35.5. The minimum Gasteiger partial charge on any atom is -0.313 e. The molecule has 2 rings (SSSR count). The smallest absolute Gasteiger partial charge is 0.150 e. The van der Waals surface area contributed by atoms with E-state index in [-0.39, 0.29) is 28.5 Å². The summed E-state index contributed by atoms with van der Waals surface area (Å²) in [4.78, 5) is 0. The average molecular weight is 334 g/mol.